The van der Waals surface area contributed by atoms with E-state index >= 15 is 0 Å². The predicted molar refractivity (Wildman–Crippen MR) is 168 cm³/mol. The molecule has 3 rings (SSSR count). The highest BCUT2D eigenvalue weighted by molar-refractivity contribution is 5.95. The molecular weight excluding hydrogens is 553 g/mol. The van der Waals surface area contributed by atoms with Gasteiger partial charge < -0.3 is 15.0 Å². The summed E-state index contributed by atoms with van der Waals surface area (Å²) in [5.41, 5.74) is 5.68. The largest absolute Gasteiger partial charge is 0.444 e. The highest BCUT2D eigenvalue weighted by Gasteiger charge is 2.30. The highest BCUT2D eigenvalue weighted by Crippen LogP contribution is 2.30. The number of aryl methyl sites for hydroxylation is 2. The van der Waals surface area contributed by atoms with E-state index < -0.39 is 17.3 Å². The number of halogens is 3. The molecule has 0 unspecified atom stereocenters. The molecule has 0 aliphatic carbocycles. The Balaban J connectivity index is 0.000000448. The van der Waals surface area contributed by atoms with Crippen molar-refractivity contribution in [2.24, 2.45) is 0 Å². The first-order chi connectivity index (χ1) is 20.1. The lowest BCUT2D eigenvalue weighted by atomic mass is 9.91. The van der Waals surface area contributed by atoms with Gasteiger partial charge in [-0.15, -0.1) is 0 Å². The molecule has 2 amide bonds. The van der Waals surface area contributed by atoms with Crippen molar-refractivity contribution >= 4 is 17.6 Å². The summed E-state index contributed by atoms with van der Waals surface area (Å²) in [6.45, 7) is 17.4. The van der Waals surface area contributed by atoms with Gasteiger partial charge in [-0.2, -0.15) is 13.2 Å². The van der Waals surface area contributed by atoms with Gasteiger partial charge in [0.15, 0.2) is 0 Å². The van der Waals surface area contributed by atoms with Crippen molar-refractivity contribution in [2.75, 3.05) is 13.1 Å². The molecule has 5 nitrogen and oxygen atoms in total. The molecule has 8 heteroatoms. The van der Waals surface area contributed by atoms with E-state index in [-0.39, 0.29) is 18.0 Å². The molecule has 43 heavy (non-hydrogen) atoms. The number of likely N-dealkylation sites (tertiary alicyclic amines) is 1. The van der Waals surface area contributed by atoms with Crippen LogP contribution in [0.4, 0.5) is 18.0 Å². The monoisotopic (exact) mass is 602 g/mol. The van der Waals surface area contributed by atoms with Crippen LogP contribution >= 0.6 is 0 Å². The summed E-state index contributed by atoms with van der Waals surface area (Å²) in [5, 5.41) is 3.17. The lowest BCUT2D eigenvalue weighted by Crippen LogP contribution is -2.47. The Labute approximate surface area is 255 Å². The van der Waals surface area contributed by atoms with Crippen molar-refractivity contribution in [3.63, 3.8) is 0 Å². The predicted octanol–water partition coefficient (Wildman–Crippen LogP) is 9.38. The Hall–Kier alpha value is -3.29. The van der Waals surface area contributed by atoms with Gasteiger partial charge in [0.05, 0.1) is 5.56 Å². The molecule has 1 aliphatic rings. The standard InChI is InChI=1S/C26H40N2O3.C9H9F3/c1-8-10-18(3)22(9-2)23-17-20(12-11-19(23)4)24(29)27-21-13-15-28(16-14-21)25(30)31-26(5,6)7;1-2-7-3-5-8(6-4-7)9(10,11)12/h11-12,17,21H,8-10,13-16H2,1-7H3,(H,27,29);3-6H,2H2,1H3/b22-18+;. The number of piperidine rings is 1. The average molecular weight is 603 g/mol. The minimum absolute atomic E-state index is 0.0411. The van der Waals surface area contributed by atoms with Gasteiger partial charge in [-0.05, 0) is 113 Å². The number of carbonyl (C=O) groups excluding carboxylic acids is 2. The summed E-state index contributed by atoms with van der Waals surface area (Å²) >= 11 is 0. The second kappa shape index (κ2) is 16.0. The van der Waals surface area contributed by atoms with Crippen LogP contribution in [0.15, 0.2) is 48.0 Å². The van der Waals surface area contributed by atoms with Gasteiger partial charge in [-0.25, -0.2) is 4.79 Å². The van der Waals surface area contributed by atoms with Crippen LogP contribution in [0, 0.1) is 6.92 Å². The number of hydrogen-bond donors (Lipinski definition) is 1. The number of amides is 2. The number of alkyl halides is 3. The lowest BCUT2D eigenvalue weighted by Gasteiger charge is -2.33. The van der Waals surface area contributed by atoms with Crippen LogP contribution < -0.4 is 5.32 Å². The number of allylic oxidation sites excluding steroid dienone is 2. The van der Waals surface area contributed by atoms with Crippen LogP contribution in [0.2, 0.25) is 0 Å². The van der Waals surface area contributed by atoms with E-state index in [0.717, 1.165) is 56.2 Å². The summed E-state index contributed by atoms with van der Waals surface area (Å²) in [7, 11) is 0. The van der Waals surface area contributed by atoms with Crippen LogP contribution in [-0.4, -0.2) is 41.6 Å². The molecule has 0 aromatic heterocycles. The van der Waals surface area contributed by atoms with E-state index in [2.05, 4.69) is 33.0 Å². The maximum atomic E-state index is 13.0. The van der Waals surface area contributed by atoms with Gasteiger partial charge in [0.2, 0.25) is 0 Å². The minimum atomic E-state index is -4.22. The van der Waals surface area contributed by atoms with Crippen molar-refractivity contribution < 1.29 is 27.5 Å². The maximum absolute atomic E-state index is 13.0. The van der Waals surface area contributed by atoms with Gasteiger partial charge >= 0.3 is 12.3 Å². The summed E-state index contributed by atoms with van der Waals surface area (Å²) < 4.78 is 41.5. The molecule has 0 bridgehead atoms. The first kappa shape index (κ1) is 35.9. The van der Waals surface area contributed by atoms with Crippen molar-refractivity contribution in [3.8, 4) is 0 Å². The van der Waals surface area contributed by atoms with E-state index in [1.54, 1.807) is 4.90 Å². The molecule has 1 fully saturated rings. The van der Waals surface area contributed by atoms with Gasteiger partial charge in [0.25, 0.3) is 5.91 Å². The van der Waals surface area contributed by atoms with Gasteiger partial charge in [0.1, 0.15) is 5.60 Å². The summed E-state index contributed by atoms with van der Waals surface area (Å²) in [5.74, 6) is -0.0411. The molecule has 0 spiro atoms. The second-order valence-electron chi connectivity index (χ2n) is 12.2. The van der Waals surface area contributed by atoms with E-state index in [4.69, 9.17) is 4.74 Å². The number of rotatable bonds is 7. The number of nitrogens with one attached hydrogen (secondary N) is 1. The summed E-state index contributed by atoms with van der Waals surface area (Å²) in [4.78, 5) is 26.9. The third-order valence-corrected chi connectivity index (χ3v) is 7.49. The van der Waals surface area contributed by atoms with E-state index in [1.807, 2.05) is 45.9 Å². The molecule has 1 aliphatic heterocycles. The third kappa shape index (κ3) is 11.4. The van der Waals surface area contributed by atoms with Crippen molar-refractivity contribution in [1.82, 2.24) is 10.2 Å². The molecule has 2 aromatic rings. The van der Waals surface area contributed by atoms with E-state index in [1.165, 1.54) is 34.4 Å². The van der Waals surface area contributed by atoms with Crippen LogP contribution in [0.1, 0.15) is 113 Å². The molecule has 0 saturated carbocycles. The SMILES string of the molecule is CCC/C(C)=C(\CC)c1cc(C(=O)NC2CCN(C(=O)OC(C)(C)C)CC2)ccc1C.CCc1ccc(C(F)(F)F)cc1. The first-order valence-corrected chi connectivity index (χ1v) is 15.3. The van der Waals surface area contributed by atoms with Crippen molar-refractivity contribution in [2.45, 2.75) is 112 Å². The second-order valence-corrected chi connectivity index (χ2v) is 12.2. The highest BCUT2D eigenvalue weighted by atomic mass is 19.4. The number of carbonyl (C=O) groups is 2. The minimum Gasteiger partial charge on any atom is -0.444 e. The first-order valence-electron chi connectivity index (χ1n) is 15.3. The Bertz CT molecular complexity index is 1240. The molecule has 1 heterocycles. The van der Waals surface area contributed by atoms with Gasteiger partial charge in [-0.3, -0.25) is 4.79 Å². The zero-order valence-electron chi connectivity index (χ0n) is 27.1. The number of hydrogen-bond acceptors (Lipinski definition) is 3. The third-order valence-electron chi connectivity index (χ3n) is 7.49. The Morgan fingerprint density at radius 3 is 2.07 bits per heavy atom. The fourth-order valence-electron chi connectivity index (χ4n) is 5.07. The van der Waals surface area contributed by atoms with E-state index in [0.29, 0.717) is 18.7 Å². The number of nitrogens with zero attached hydrogens (tertiary/aromatic N) is 1. The average Bonchev–Trinajstić information content (AvgIpc) is 2.94. The Kier molecular flexibility index (Phi) is 13.3. The Morgan fingerprint density at radius 1 is 0.977 bits per heavy atom. The molecule has 0 radical (unpaired) electrons. The molecule has 1 N–H and O–H groups in total. The van der Waals surface area contributed by atoms with Crippen LogP contribution in [0.25, 0.3) is 5.57 Å². The normalized spacial score (nSPS) is 14.8. The maximum Gasteiger partial charge on any atom is 0.416 e. The molecule has 1 saturated heterocycles. The Morgan fingerprint density at radius 2 is 1.58 bits per heavy atom. The number of ether oxygens (including phenoxy) is 1. The summed E-state index contributed by atoms with van der Waals surface area (Å²) in [6.07, 6.45) is 0.900. The van der Waals surface area contributed by atoms with Crippen LogP contribution in [-0.2, 0) is 17.3 Å². The van der Waals surface area contributed by atoms with Crippen LogP contribution in [0.5, 0.6) is 0 Å². The van der Waals surface area contributed by atoms with Crippen LogP contribution in [0.3, 0.4) is 0 Å². The zero-order valence-corrected chi connectivity index (χ0v) is 27.1. The topological polar surface area (TPSA) is 58.6 Å². The van der Waals surface area contributed by atoms with Crippen molar-refractivity contribution in [1.29, 1.82) is 0 Å². The van der Waals surface area contributed by atoms with E-state index in [9.17, 15) is 22.8 Å². The molecule has 2 aromatic carbocycles. The number of benzene rings is 2. The van der Waals surface area contributed by atoms with Gasteiger partial charge in [-0.1, -0.05) is 51.0 Å². The molecular formula is C35H49F3N2O3. The fourth-order valence-corrected chi connectivity index (χ4v) is 5.07. The summed E-state index contributed by atoms with van der Waals surface area (Å²) in [6, 6.07) is 11.3. The molecule has 0 atom stereocenters. The quantitative estimate of drug-likeness (QED) is 0.344. The van der Waals surface area contributed by atoms with Crippen molar-refractivity contribution in [3.05, 3.63) is 75.9 Å². The molecule has 238 valence electrons. The lowest BCUT2D eigenvalue weighted by molar-refractivity contribution is -0.137. The van der Waals surface area contributed by atoms with Gasteiger partial charge in [0, 0.05) is 24.7 Å². The zero-order chi connectivity index (χ0) is 32.4. The fraction of sp³-hybridized carbons (Fsp3) is 0.543. The smallest absolute Gasteiger partial charge is 0.416 e.